The van der Waals surface area contributed by atoms with E-state index in [1.54, 1.807) is 0 Å². The lowest BCUT2D eigenvalue weighted by molar-refractivity contribution is 0.362. The van der Waals surface area contributed by atoms with Gasteiger partial charge in [-0.25, -0.2) is 0 Å². The number of fused-ring (bicyclic) bond motifs is 1. The summed E-state index contributed by atoms with van der Waals surface area (Å²) in [6, 6.07) is 8.36. The first-order chi connectivity index (χ1) is 8.88. The van der Waals surface area contributed by atoms with Crippen molar-refractivity contribution in [2.45, 2.75) is 18.9 Å². The number of aromatic nitrogens is 2. The van der Waals surface area contributed by atoms with Crippen LogP contribution in [0.15, 0.2) is 28.8 Å². The van der Waals surface area contributed by atoms with Crippen LogP contribution < -0.4 is 5.32 Å². The molecule has 3 rings (SSSR count). The van der Waals surface area contributed by atoms with E-state index < -0.39 is 0 Å². The topological polar surface area (TPSA) is 51.0 Å². The molecule has 0 saturated heterocycles. The minimum Gasteiger partial charge on any atom is -0.338 e. The molecule has 0 amide bonds. The third kappa shape index (κ3) is 1.89. The van der Waals surface area contributed by atoms with Gasteiger partial charge in [0.25, 0.3) is 0 Å². The summed E-state index contributed by atoms with van der Waals surface area (Å²) in [5.74, 6) is 4.14. The minimum atomic E-state index is 0.284. The molecular weight excluding hydrogens is 226 g/mol. The molecular formula is C14H13N3O. The number of nitrogens with one attached hydrogen (secondary N) is 1. The molecule has 1 aromatic heterocycles. The maximum atomic E-state index is 5.19. The Morgan fingerprint density at radius 2 is 2.33 bits per heavy atom. The van der Waals surface area contributed by atoms with Gasteiger partial charge in [0, 0.05) is 0 Å². The van der Waals surface area contributed by atoms with Crippen molar-refractivity contribution in [1.82, 2.24) is 15.5 Å². The fraction of sp³-hybridized carbons (Fsp3) is 0.286. The maximum absolute atomic E-state index is 5.19. The molecule has 1 aromatic carbocycles. The predicted octanol–water partition coefficient (Wildman–Crippen LogP) is 1.48. The molecule has 4 heteroatoms. The van der Waals surface area contributed by atoms with Gasteiger partial charge in [0.2, 0.25) is 5.89 Å². The van der Waals surface area contributed by atoms with Crippen molar-refractivity contribution in [3.05, 3.63) is 47.1 Å². The summed E-state index contributed by atoms with van der Waals surface area (Å²) in [4.78, 5) is 4.39. The summed E-state index contributed by atoms with van der Waals surface area (Å²) in [7, 11) is 0. The summed E-state index contributed by atoms with van der Waals surface area (Å²) in [6.07, 6.45) is 6.14. The van der Waals surface area contributed by atoms with E-state index in [1.165, 1.54) is 11.1 Å². The first-order valence-corrected chi connectivity index (χ1v) is 5.93. The van der Waals surface area contributed by atoms with Gasteiger partial charge in [-0.2, -0.15) is 4.98 Å². The summed E-state index contributed by atoms with van der Waals surface area (Å²) < 4.78 is 5.19. The molecule has 0 radical (unpaired) electrons. The zero-order valence-electron chi connectivity index (χ0n) is 9.89. The van der Waals surface area contributed by atoms with E-state index in [0.29, 0.717) is 19.0 Å². The van der Waals surface area contributed by atoms with Crippen molar-refractivity contribution in [3.8, 4) is 12.3 Å². The van der Waals surface area contributed by atoms with Crippen LogP contribution in [-0.2, 0) is 13.0 Å². The number of benzene rings is 1. The fourth-order valence-corrected chi connectivity index (χ4v) is 2.21. The summed E-state index contributed by atoms with van der Waals surface area (Å²) in [6.45, 7) is 1.02. The molecule has 1 N–H and O–H groups in total. The highest BCUT2D eigenvalue weighted by atomic mass is 16.5. The van der Waals surface area contributed by atoms with Gasteiger partial charge in [-0.05, 0) is 17.5 Å². The normalized spacial score (nSPS) is 16.7. The second kappa shape index (κ2) is 4.63. The van der Waals surface area contributed by atoms with Gasteiger partial charge < -0.3 is 4.52 Å². The predicted molar refractivity (Wildman–Crippen MR) is 66.8 cm³/mol. The molecule has 90 valence electrons. The van der Waals surface area contributed by atoms with Crippen molar-refractivity contribution in [3.63, 3.8) is 0 Å². The average Bonchev–Trinajstić information content (AvgIpc) is 2.80. The van der Waals surface area contributed by atoms with Gasteiger partial charge in [-0.3, -0.25) is 5.32 Å². The quantitative estimate of drug-likeness (QED) is 0.648. The lowest BCUT2D eigenvalue weighted by Gasteiger charge is -2.27. The van der Waals surface area contributed by atoms with Crippen LogP contribution in [0.5, 0.6) is 0 Å². The van der Waals surface area contributed by atoms with Crippen LogP contribution in [0.3, 0.4) is 0 Å². The average molecular weight is 239 g/mol. The molecule has 0 spiro atoms. The highest BCUT2D eigenvalue weighted by Crippen LogP contribution is 2.38. The molecule has 18 heavy (non-hydrogen) atoms. The molecule has 1 atom stereocenters. The van der Waals surface area contributed by atoms with Gasteiger partial charge in [-0.15, -0.1) is 6.42 Å². The van der Waals surface area contributed by atoms with Crippen molar-refractivity contribution < 1.29 is 4.52 Å². The van der Waals surface area contributed by atoms with Gasteiger partial charge in [-0.1, -0.05) is 35.3 Å². The highest BCUT2D eigenvalue weighted by molar-refractivity contribution is 5.43. The molecule has 0 fully saturated rings. The maximum Gasteiger partial charge on any atom is 0.240 e. The second-order valence-electron chi connectivity index (χ2n) is 4.31. The van der Waals surface area contributed by atoms with E-state index in [1.807, 2.05) is 6.07 Å². The van der Waals surface area contributed by atoms with E-state index in [0.717, 1.165) is 12.2 Å². The number of hydrogen-bond donors (Lipinski definition) is 1. The van der Waals surface area contributed by atoms with Crippen LogP contribution in [0.1, 0.15) is 28.8 Å². The van der Waals surface area contributed by atoms with Crippen LogP contribution in [-0.4, -0.2) is 16.7 Å². The molecule has 2 aromatic rings. The van der Waals surface area contributed by atoms with Crippen LogP contribution in [0.25, 0.3) is 0 Å². The minimum absolute atomic E-state index is 0.284. The van der Waals surface area contributed by atoms with Crippen LogP contribution in [0.4, 0.5) is 0 Å². The lowest BCUT2D eigenvalue weighted by atomic mass is 9.77. The van der Waals surface area contributed by atoms with E-state index >= 15 is 0 Å². The largest absolute Gasteiger partial charge is 0.338 e. The summed E-state index contributed by atoms with van der Waals surface area (Å²) in [5, 5.41) is 7.06. The summed E-state index contributed by atoms with van der Waals surface area (Å²) >= 11 is 0. The molecule has 1 heterocycles. The van der Waals surface area contributed by atoms with Gasteiger partial charge in [0.05, 0.1) is 19.0 Å². The number of terminal acetylenes is 1. The number of rotatable bonds is 4. The third-order valence-corrected chi connectivity index (χ3v) is 3.15. The van der Waals surface area contributed by atoms with E-state index in [4.69, 9.17) is 10.9 Å². The fourth-order valence-electron chi connectivity index (χ4n) is 2.21. The Bertz CT molecular complexity index is 597. The van der Waals surface area contributed by atoms with Gasteiger partial charge in [0.15, 0.2) is 5.82 Å². The Morgan fingerprint density at radius 1 is 1.44 bits per heavy atom. The number of hydrogen-bond acceptors (Lipinski definition) is 4. The van der Waals surface area contributed by atoms with Crippen molar-refractivity contribution in [2.24, 2.45) is 0 Å². The molecule has 0 saturated carbocycles. The zero-order valence-corrected chi connectivity index (χ0v) is 9.89. The molecule has 0 aliphatic heterocycles. The first kappa shape index (κ1) is 11.0. The smallest absolute Gasteiger partial charge is 0.240 e. The van der Waals surface area contributed by atoms with Crippen LogP contribution in [0, 0.1) is 12.3 Å². The standard InChI is InChI=1S/C14H13N3O/c1-2-7-15-9-13-16-14(17-18-13)12-8-10-5-3-4-6-11(10)12/h1,3-6,12,15H,7-9H2. The van der Waals surface area contributed by atoms with Gasteiger partial charge in [0.1, 0.15) is 0 Å². The molecule has 1 aliphatic carbocycles. The number of nitrogens with zero attached hydrogens (tertiary/aromatic N) is 2. The van der Waals surface area contributed by atoms with Crippen LogP contribution >= 0.6 is 0 Å². The molecule has 1 unspecified atom stereocenters. The SMILES string of the molecule is C#CCNCc1nc(C2Cc3ccccc32)no1. The Labute approximate surface area is 105 Å². The van der Waals surface area contributed by atoms with Crippen LogP contribution in [0.2, 0.25) is 0 Å². The van der Waals surface area contributed by atoms with E-state index in [9.17, 15) is 0 Å². The Balaban J connectivity index is 1.70. The molecule has 1 aliphatic rings. The zero-order chi connectivity index (χ0) is 12.4. The Kier molecular flexibility index (Phi) is 2.83. The van der Waals surface area contributed by atoms with E-state index in [2.05, 4.69) is 39.6 Å². The highest BCUT2D eigenvalue weighted by Gasteiger charge is 2.30. The van der Waals surface area contributed by atoms with Crippen molar-refractivity contribution >= 4 is 0 Å². The summed E-state index contributed by atoms with van der Waals surface area (Å²) in [5.41, 5.74) is 2.68. The molecule has 4 nitrogen and oxygen atoms in total. The van der Waals surface area contributed by atoms with Crippen molar-refractivity contribution in [1.29, 1.82) is 0 Å². The Hall–Kier alpha value is -2.12. The van der Waals surface area contributed by atoms with E-state index in [-0.39, 0.29) is 5.92 Å². The van der Waals surface area contributed by atoms with Crippen molar-refractivity contribution in [2.75, 3.05) is 6.54 Å². The third-order valence-electron chi connectivity index (χ3n) is 3.15. The van der Waals surface area contributed by atoms with Gasteiger partial charge >= 0.3 is 0 Å². The lowest BCUT2D eigenvalue weighted by Crippen LogP contribution is -2.19. The molecule has 0 bridgehead atoms. The monoisotopic (exact) mass is 239 g/mol. The Morgan fingerprint density at radius 3 is 3.17 bits per heavy atom. The second-order valence-corrected chi connectivity index (χ2v) is 4.31. The first-order valence-electron chi connectivity index (χ1n) is 5.93.